The molecule has 3 N–H and O–H groups in total. The molecule has 7 nitrogen and oxygen atoms in total. The Morgan fingerprint density at radius 3 is 2.73 bits per heavy atom. The number of amides is 1. The smallest absolute Gasteiger partial charge is 0.309 e. The third-order valence-corrected chi connectivity index (χ3v) is 3.43. The van der Waals surface area contributed by atoms with E-state index >= 15 is 0 Å². The van der Waals surface area contributed by atoms with E-state index in [4.69, 9.17) is 9.52 Å². The minimum atomic E-state index is -0.892. The summed E-state index contributed by atoms with van der Waals surface area (Å²) in [6.45, 7) is 5.33. The van der Waals surface area contributed by atoms with E-state index in [0.29, 0.717) is 17.9 Å². The van der Waals surface area contributed by atoms with Crippen LogP contribution in [0.5, 0.6) is 0 Å². The largest absolute Gasteiger partial charge is 0.481 e. The number of aliphatic carboxylic acids is 1. The standard InChI is InChI=1S/C15H19N3O4/c1-9-4-5-12(22-9)10-8-11(18-17-10)13(19)16-7-6-15(2,3)14(20)21/h4-5,8H,6-7H2,1-3H3,(H,16,19)(H,17,18)(H,20,21). The van der Waals surface area contributed by atoms with Crippen LogP contribution in [0.15, 0.2) is 22.6 Å². The van der Waals surface area contributed by atoms with E-state index in [9.17, 15) is 9.59 Å². The number of carboxylic acids is 1. The zero-order valence-corrected chi connectivity index (χ0v) is 12.8. The summed E-state index contributed by atoms with van der Waals surface area (Å²) in [6, 6.07) is 5.21. The Labute approximate surface area is 127 Å². The maximum absolute atomic E-state index is 12.0. The van der Waals surface area contributed by atoms with E-state index in [1.807, 2.05) is 13.0 Å². The van der Waals surface area contributed by atoms with Gasteiger partial charge < -0.3 is 14.8 Å². The van der Waals surface area contributed by atoms with Gasteiger partial charge in [-0.2, -0.15) is 5.10 Å². The predicted molar refractivity (Wildman–Crippen MR) is 79.4 cm³/mol. The molecule has 0 unspecified atom stereocenters. The maximum atomic E-state index is 12.0. The lowest BCUT2D eigenvalue weighted by Crippen LogP contribution is -2.32. The topological polar surface area (TPSA) is 108 Å². The van der Waals surface area contributed by atoms with Crippen molar-refractivity contribution in [1.82, 2.24) is 15.5 Å². The van der Waals surface area contributed by atoms with E-state index < -0.39 is 11.4 Å². The maximum Gasteiger partial charge on any atom is 0.309 e. The Morgan fingerprint density at radius 2 is 2.14 bits per heavy atom. The van der Waals surface area contributed by atoms with Gasteiger partial charge in [0.1, 0.15) is 11.5 Å². The van der Waals surface area contributed by atoms with Crippen LogP contribution >= 0.6 is 0 Å². The van der Waals surface area contributed by atoms with Gasteiger partial charge in [-0.05, 0) is 39.3 Å². The van der Waals surface area contributed by atoms with E-state index in [0.717, 1.165) is 5.76 Å². The zero-order valence-electron chi connectivity index (χ0n) is 12.8. The molecule has 22 heavy (non-hydrogen) atoms. The molecule has 0 saturated carbocycles. The molecule has 7 heteroatoms. The molecule has 1 amide bonds. The lowest BCUT2D eigenvalue weighted by molar-refractivity contribution is -0.147. The van der Waals surface area contributed by atoms with Crippen molar-refractivity contribution in [2.45, 2.75) is 27.2 Å². The fraction of sp³-hybridized carbons (Fsp3) is 0.400. The van der Waals surface area contributed by atoms with Gasteiger partial charge >= 0.3 is 5.97 Å². The second kappa shape index (κ2) is 6.05. The molecule has 0 radical (unpaired) electrons. The average molecular weight is 305 g/mol. The number of H-pyrrole nitrogens is 1. The Morgan fingerprint density at radius 1 is 1.41 bits per heavy atom. The molecule has 2 aromatic rings. The number of aryl methyl sites for hydroxylation is 1. The van der Waals surface area contributed by atoms with Crippen molar-refractivity contribution in [2.24, 2.45) is 5.41 Å². The van der Waals surface area contributed by atoms with Crippen LogP contribution in [0, 0.1) is 12.3 Å². The third kappa shape index (κ3) is 3.55. The summed E-state index contributed by atoms with van der Waals surface area (Å²) in [7, 11) is 0. The third-order valence-electron chi connectivity index (χ3n) is 3.43. The molecule has 2 aromatic heterocycles. The second-order valence-corrected chi connectivity index (χ2v) is 5.77. The molecule has 0 aromatic carbocycles. The van der Waals surface area contributed by atoms with Crippen molar-refractivity contribution < 1.29 is 19.1 Å². The molecular weight excluding hydrogens is 286 g/mol. The van der Waals surface area contributed by atoms with Crippen LogP contribution in [-0.2, 0) is 4.79 Å². The van der Waals surface area contributed by atoms with Gasteiger partial charge in [-0.15, -0.1) is 0 Å². The van der Waals surface area contributed by atoms with Crippen LogP contribution in [0.1, 0.15) is 36.5 Å². The van der Waals surface area contributed by atoms with Crippen LogP contribution in [0.3, 0.4) is 0 Å². The number of nitrogens with zero attached hydrogens (tertiary/aromatic N) is 1. The van der Waals surface area contributed by atoms with E-state index in [-0.39, 0.29) is 18.1 Å². The van der Waals surface area contributed by atoms with Crippen molar-refractivity contribution >= 4 is 11.9 Å². The van der Waals surface area contributed by atoms with Gasteiger partial charge in [-0.25, -0.2) is 0 Å². The summed E-state index contributed by atoms with van der Waals surface area (Å²) < 4.78 is 5.45. The van der Waals surface area contributed by atoms with Gasteiger partial charge in [0.2, 0.25) is 0 Å². The number of nitrogens with one attached hydrogen (secondary N) is 2. The number of aromatic nitrogens is 2. The molecule has 2 heterocycles. The number of rotatable bonds is 6. The van der Waals surface area contributed by atoms with Gasteiger partial charge in [-0.1, -0.05) is 0 Å². The first-order chi connectivity index (χ1) is 10.3. The van der Waals surface area contributed by atoms with E-state index in [2.05, 4.69) is 15.5 Å². The molecule has 0 atom stereocenters. The highest BCUT2D eigenvalue weighted by atomic mass is 16.4. The summed E-state index contributed by atoms with van der Waals surface area (Å²) in [5, 5.41) is 18.4. The molecule has 0 saturated heterocycles. The predicted octanol–water partition coefficient (Wildman–Crippen LogP) is 2.21. The number of carbonyl (C=O) groups excluding carboxylic acids is 1. The van der Waals surface area contributed by atoms with Gasteiger partial charge in [0.25, 0.3) is 5.91 Å². The summed E-state index contributed by atoms with van der Waals surface area (Å²) in [5.41, 5.74) is -0.0308. The van der Waals surface area contributed by atoms with Gasteiger partial charge in [-0.3, -0.25) is 14.7 Å². The first kappa shape index (κ1) is 15.8. The lowest BCUT2D eigenvalue weighted by Gasteiger charge is -2.18. The lowest BCUT2D eigenvalue weighted by atomic mass is 9.90. The molecule has 118 valence electrons. The molecule has 0 spiro atoms. The second-order valence-electron chi connectivity index (χ2n) is 5.77. The molecule has 0 fully saturated rings. The fourth-order valence-electron chi connectivity index (χ4n) is 1.83. The van der Waals surface area contributed by atoms with Gasteiger partial charge in [0.15, 0.2) is 11.5 Å². The minimum absolute atomic E-state index is 0.234. The number of aromatic amines is 1. The Kier molecular flexibility index (Phi) is 4.35. The average Bonchev–Trinajstić information content (AvgIpc) is 3.06. The van der Waals surface area contributed by atoms with Crippen LogP contribution in [-0.4, -0.2) is 33.7 Å². The summed E-state index contributed by atoms with van der Waals surface area (Å²) in [4.78, 5) is 23.0. The highest BCUT2D eigenvalue weighted by molar-refractivity contribution is 5.93. The van der Waals surface area contributed by atoms with Gasteiger partial charge in [0, 0.05) is 12.6 Å². The Bertz CT molecular complexity index is 685. The zero-order chi connectivity index (χ0) is 16.3. The number of hydrogen-bond donors (Lipinski definition) is 3. The van der Waals surface area contributed by atoms with Crippen LogP contribution in [0.25, 0.3) is 11.5 Å². The minimum Gasteiger partial charge on any atom is -0.481 e. The molecule has 0 bridgehead atoms. The molecule has 2 rings (SSSR count). The number of carboxylic acid groups (broad SMARTS) is 1. The van der Waals surface area contributed by atoms with Crippen LogP contribution < -0.4 is 5.32 Å². The van der Waals surface area contributed by atoms with Crippen molar-refractivity contribution in [3.05, 3.63) is 29.7 Å². The van der Waals surface area contributed by atoms with Crippen LogP contribution in [0.4, 0.5) is 0 Å². The first-order valence-electron chi connectivity index (χ1n) is 6.93. The number of hydrogen-bond acceptors (Lipinski definition) is 4. The fourth-order valence-corrected chi connectivity index (χ4v) is 1.83. The van der Waals surface area contributed by atoms with Crippen LogP contribution in [0.2, 0.25) is 0 Å². The number of carbonyl (C=O) groups is 2. The van der Waals surface area contributed by atoms with E-state index in [1.165, 1.54) is 0 Å². The van der Waals surface area contributed by atoms with Gasteiger partial charge in [0.05, 0.1) is 5.41 Å². The Balaban J connectivity index is 1.94. The van der Waals surface area contributed by atoms with E-state index in [1.54, 1.807) is 26.0 Å². The molecular formula is C15H19N3O4. The van der Waals surface area contributed by atoms with Crippen molar-refractivity contribution in [1.29, 1.82) is 0 Å². The highest BCUT2D eigenvalue weighted by Crippen LogP contribution is 2.21. The van der Waals surface area contributed by atoms with Crippen molar-refractivity contribution in [2.75, 3.05) is 6.54 Å². The molecule has 0 aliphatic rings. The molecule has 0 aliphatic carbocycles. The summed E-state index contributed by atoms with van der Waals surface area (Å²) in [5.74, 6) is 0.131. The number of furan rings is 1. The quantitative estimate of drug-likeness (QED) is 0.758. The molecule has 0 aliphatic heterocycles. The summed E-state index contributed by atoms with van der Waals surface area (Å²) in [6.07, 6.45) is 0.336. The normalized spacial score (nSPS) is 11.4. The monoisotopic (exact) mass is 305 g/mol. The first-order valence-corrected chi connectivity index (χ1v) is 6.93. The van der Waals surface area contributed by atoms with Crippen molar-refractivity contribution in [3.8, 4) is 11.5 Å². The SMILES string of the molecule is Cc1ccc(-c2cc(C(=O)NCCC(C)(C)C(=O)O)n[nH]2)o1. The highest BCUT2D eigenvalue weighted by Gasteiger charge is 2.26. The summed E-state index contributed by atoms with van der Waals surface area (Å²) >= 11 is 0. The Hall–Kier alpha value is -2.57. The van der Waals surface area contributed by atoms with Crippen molar-refractivity contribution in [3.63, 3.8) is 0 Å².